The van der Waals surface area contributed by atoms with Crippen LogP contribution in [0.15, 0.2) is 54.7 Å². The van der Waals surface area contributed by atoms with E-state index in [-0.39, 0.29) is 17.3 Å². The number of ether oxygens (including phenoxy) is 1. The lowest BCUT2D eigenvalue weighted by Gasteiger charge is -2.21. The molecule has 0 aliphatic carbocycles. The van der Waals surface area contributed by atoms with Crippen molar-refractivity contribution in [2.45, 2.75) is 39.8 Å². The number of aromatic nitrogens is 2. The molecule has 0 atom stereocenters. The Hall–Kier alpha value is -3.15. The summed E-state index contributed by atoms with van der Waals surface area (Å²) in [5.41, 5.74) is 2.64. The lowest BCUT2D eigenvalue weighted by molar-refractivity contribution is 0.102. The third-order valence-electron chi connectivity index (χ3n) is 4.30. The first kappa shape index (κ1) is 19.6. The van der Waals surface area contributed by atoms with E-state index < -0.39 is 0 Å². The zero-order valence-electron chi connectivity index (χ0n) is 16.5. The molecule has 0 spiro atoms. The SMILES string of the molecule is Cc1c(C(=O)Nc2cccc(OCc3ccc(F)cc3)c2)cnn1C(C)(C)C. The number of carbonyl (C=O) groups is 1. The molecule has 1 aromatic heterocycles. The molecule has 1 amide bonds. The highest BCUT2D eigenvalue weighted by molar-refractivity contribution is 6.05. The lowest BCUT2D eigenvalue weighted by atomic mass is 10.1. The number of rotatable bonds is 5. The number of carbonyl (C=O) groups excluding carboxylic acids is 1. The average Bonchev–Trinajstić information content (AvgIpc) is 3.03. The maximum atomic E-state index is 13.0. The molecule has 0 bridgehead atoms. The number of halogens is 1. The molecule has 0 aliphatic heterocycles. The maximum Gasteiger partial charge on any atom is 0.259 e. The Morgan fingerprint density at radius 2 is 1.89 bits per heavy atom. The van der Waals surface area contributed by atoms with Crippen LogP contribution in [0.5, 0.6) is 5.75 Å². The molecule has 0 fully saturated rings. The van der Waals surface area contributed by atoms with Gasteiger partial charge in [-0.15, -0.1) is 0 Å². The highest BCUT2D eigenvalue weighted by atomic mass is 19.1. The van der Waals surface area contributed by atoms with Crippen LogP contribution in [0.4, 0.5) is 10.1 Å². The van der Waals surface area contributed by atoms with Crippen LogP contribution < -0.4 is 10.1 Å². The van der Waals surface area contributed by atoms with Crippen molar-refractivity contribution in [3.8, 4) is 5.75 Å². The molecule has 0 aliphatic rings. The first-order valence-corrected chi connectivity index (χ1v) is 9.08. The second kappa shape index (κ2) is 7.84. The van der Waals surface area contributed by atoms with Crippen molar-refractivity contribution in [3.05, 3.63) is 77.4 Å². The fourth-order valence-corrected chi connectivity index (χ4v) is 2.92. The molecule has 3 rings (SSSR count). The maximum absolute atomic E-state index is 13.0. The van der Waals surface area contributed by atoms with Crippen molar-refractivity contribution in [1.82, 2.24) is 9.78 Å². The molecule has 28 heavy (non-hydrogen) atoms. The zero-order valence-corrected chi connectivity index (χ0v) is 16.5. The first-order chi connectivity index (χ1) is 13.2. The zero-order chi connectivity index (χ0) is 20.3. The molecule has 6 heteroatoms. The normalized spacial score (nSPS) is 11.3. The molecule has 2 aromatic carbocycles. The second-order valence-electron chi connectivity index (χ2n) is 7.62. The summed E-state index contributed by atoms with van der Waals surface area (Å²) in [5, 5.41) is 7.23. The van der Waals surface area contributed by atoms with Crippen molar-refractivity contribution in [2.24, 2.45) is 0 Å². The van der Waals surface area contributed by atoms with E-state index in [1.54, 1.807) is 36.5 Å². The lowest BCUT2D eigenvalue weighted by Crippen LogP contribution is -2.25. The summed E-state index contributed by atoms with van der Waals surface area (Å²) >= 11 is 0. The van der Waals surface area contributed by atoms with Gasteiger partial charge in [-0.2, -0.15) is 5.10 Å². The molecule has 0 saturated carbocycles. The number of hydrogen-bond acceptors (Lipinski definition) is 3. The first-order valence-electron chi connectivity index (χ1n) is 9.08. The van der Waals surface area contributed by atoms with E-state index in [0.29, 0.717) is 23.6 Å². The van der Waals surface area contributed by atoms with Gasteiger partial charge in [-0.1, -0.05) is 18.2 Å². The highest BCUT2D eigenvalue weighted by Crippen LogP contribution is 2.22. The fourth-order valence-electron chi connectivity index (χ4n) is 2.92. The van der Waals surface area contributed by atoms with E-state index in [1.165, 1.54) is 12.1 Å². The van der Waals surface area contributed by atoms with Gasteiger partial charge in [0, 0.05) is 17.4 Å². The number of hydrogen-bond donors (Lipinski definition) is 1. The minimum atomic E-state index is -0.279. The quantitative estimate of drug-likeness (QED) is 0.683. The van der Waals surface area contributed by atoms with Gasteiger partial charge < -0.3 is 10.1 Å². The van der Waals surface area contributed by atoms with Crippen molar-refractivity contribution in [3.63, 3.8) is 0 Å². The third-order valence-corrected chi connectivity index (χ3v) is 4.30. The van der Waals surface area contributed by atoms with Crippen LogP contribution in [0.25, 0.3) is 0 Å². The van der Waals surface area contributed by atoms with Crippen LogP contribution in [-0.2, 0) is 12.1 Å². The number of benzene rings is 2. The summed E-state index contributed by atoms with van der Waals surface area (Å²) < 4.78 is 20.6. The van der Waals surface area contributed by atoms with E-state index in [9.17, 15) is 9.18 Å². The summed E-state index contributed by atoms with van der Waals surface area (Å²) in [7, 11) is 0. The van der Waals surface area contributed by atoms with E-state index in [1.807, 2.05) is 38.4 Å². The van der Waals surface area contributed by atoms with Crippen LogP contribution in [-0.4, -0.2) is 15.7 Å². The fraction of sp³-hybridized carbons (Fsp3) is 0.273. The predicted molar refractivity (Wildman–Crippen MR) is 107 cm³/mol. The minimum Gasteiger partial charge on any atom is -0.489 e. The van der Waals surface area contributed by atoms with E-state index in [4.69, 9.17) is 4.74 Å². The van der Waals surface area contributed by atoms with Gasteiger partial charge in [-0.3, -0.25) is 9.48 Å². The van der Waals surface area contributed by atoms with Crippen LogP contribution in [0.3, 0.4) is 0 Å². The molecule has 1 N–H and O–H groups in total. The van der Waals surface area contributed by atoms with Gasteiger partial charge in [-0.25, -0.2) is 4.39 Å². The second-order valence-corrected chi connectivity index (χ2v) is 7.62. The van der Waals surface area contributed by atoms with Gasteiger partial charge in [0.15, 0.2) is 0 Å². The van der Waals surface area contributed by atoms with Gasteiger partial charge in [0.2, 0.25) is 0 Å². The Morgan fingerprint density at radius 3 is 2.54 bits per heavy atom. The van der Waals surface area contributed by atoms with Crippen LogP contribution in [0, 0.1) is 12.7 Å². The Kier molecular flexibility index (Phi) is 5.49. The van der Waals surface area contributed by atoms with Gasteiger partial charge in [0.25, 0.3) is 5.91 Å². The summed E-state index contributed by atoms with van der Waals surface area (Å²) in [6.07, 6.45) is 1.59. The van der Waals surface area contributed by atoms with E-state index in [2.05, 4.69) is 10.4 Å². The Labute approximate surface area is 164 Å². The summed E-state index contributed by atoms with van der Waals surface area (Å²) in [6, 6.07) is 13.3. The number of nitrogens with one attached hydrogen (secondary N) is 1. The predicted octanol–water partition coefficient (Wildman–Crippen LogP) is 4.92. The number of anilines is 1. The molecule has 5 nitrogen and oxygen atoms in total. The molecule has 0 saturated heterocycles. The largest absolute Gasteiger partial charge is 0.489 e. The summed E-state index contributed by atoms with van der Waals surface area (Å²) in [4.78, 5) is 12.7. The molecular formula is C22H24FN3O2. The van der Waals surface area contributed by atoms with Gasteiger partial charge in [0.1, 0.15) is 18.2 Å². The van der Waals surface area contributed by atoms with Crippen molar-refractivity contribution < 1.29 is 13.9 Å². The number of amides is 1. The molecule has 3 aromatic rings. The summed E-state index contributed by atoms with van der Waals surface area (Å²) in [6.45, 7) is 8.31. The number of nitrogens with zero attached hydrogens (tertiary/aromatic N) is 2. The Balaban J connectivity index is 1.68. The molecule has 1 heterocycles. The molecule has 0 radical (unpaired) electrons. The Morgan fingerprint density at radius 1 is 1.18 bits per heavy atom. The van der Waals surface area contributed by atoms with E-state index in [0.717, 1.165) is 11.3 Å². The van der Waals surface area contributed by atoms with Crippen LogP contribution >= 0.6 is 0 Å². The van der Waals surface area contributed by atoms with Crippen molar-refractivity contribution in [1.29, 1.82) is 0 Å². The standard InChI is InChI=1S/C22H24FN3O2/c1-15-20(13-24-26(15)22(2,3)4)21(27)25-18-6-5-7-19(12-18)28-14-16-8-10-17(23)11-9-16/h5-13H,14H2,1-4H3,(H,25,27). The minimum absolute atomic E-state index is 0.198. The van der Waals surface area contributed by atoms with Crippen molar-refractivity contribution in [2.75, 3.05) is 5.32 Å². The smallest absolute Gasteiger partial charge is 0.259 e. The molecular weight excluding hydrogens is 357 g/mol. The van der Waals surface area contributed by atoms with Crippen LogP contribution in [0.2, 0.25) is 0 Å². The summed E-state index contributed by atoms with van der Waals surface area (Å²) in [5.74, 6) is 0.117. The van der Waals surface area contributed by atoms with Crippen LogP contribution in [0.1, 0.15) is 42.4 Å². The average molecular weight is 381 g/mol. The van der Waals surface area contributed by atoms with Gasteiger partial charge in [-0.05, 0) is 57.5 Å². The van der Waals surface area contributed by atoms with Gasteiger partial charge >= 0.3 is 0 Å². The van der Waals surface area contributed by atoms with Gasteiger partial charge in [0.05, 0.1) is 17.3 Å². The monoisotopic (exact) mass is 381 g/mol. The third kappa shape index (κ3) is 4.57. The van der Waals surface area contributed by atoms with Crippen molar-refractivity contribution >= 4 is 11.6 Å². The Bertz CT molecular complexity index is 972. The van der Waals surface area contributed by atoms with E-state index >= 15 is 0 Å². The topological polar surface area (TPSA) is 56.1 Å². The molecule has 0 unspecified atom stereocenters. The highest BCUT2D eigenvalue weighted by Gasteiger charge is 2.21. The molecule has 146 valence electrons.